The van der Waals surface area contributed by atoms with Crippen LogP contribution in [-0.2, 0) is 17.6 Å². The van der Waals surface area contributed by atoms with E-state index in [2.05, 4.69) is 15.3 Å². The molecule has 0 saturated carbocycles. The lowest BCUT2D eigenvalue weighted by molar-refractivity contribution is -0.115. The fourth-order valence-corrected chi connectivity index (χ4v) is 3.39. The second-order valence-corrected chi connectivity index (χ2v) is 6.99. The van der Waals surface area contributed by atoms with Gasteiger partial charge in [-0.1, -0.05) is 36.4 Å². The number of carbonyl (C=O) groups is 1. The molecule has 6 nitrogen and oxygen atoms in total. The van der Waals surface area contributed by atoms with Gasteiger partial charge in [0.1, 0.15) is 5.82 Å². The Morgan fingerprint density at radius 3 is 2.50 bits per heavy atom. The van der Waals surface area contributed by atoms with Gasteiger partial charge >= 0.3 is 0 Å². The zero-order chi connectivity index (χ0) is 20.9. The largest absolute Gasteiger partial charge is 0.493 e. The molecule has 0 radical (unpaired) electrons. The van der Waals surface area contributed by atoms with Gasteiger partial charge in [-0.3, -0.25) is 4.79 Å². The van der Waals surface area contributed by atoms with Crippen molar-refractivity contribution >= 4 is 22.6 Å². The minimum Gasteiger partial charge on any atom is -0.493 e. The van der Waals surface area contributed by atoms with Gasteiger partial charge in [-0.25, -0.2) is 4.98 Å². The van der Waals surface area contributed by atoms with Crippen LogP contribution in [0, 0.1) is 0 Å². The molecule has 0 aliphatic carbocycles. The first-order chi connectivity index (χ1) is 14.6. The molecule has 152 valence electrons. The number of benzene rings is 3. The molecule has 1 aromatic heterocycles. The number of hydrogen-bond acceptors (Lipinski definition) is 4. The van der Waals surface area contributed by atoms with Gasteiger partial charge in [-0.05, 0) is 41.5 Å². The SMILES string of the molecule is COc1ccc(Cc2nc3ccc(NC(=O)Cc4ccccc4)cc3[nH]2)cc1OC. The number of methoxy groups -OCH3 is 2. The summed E-state index contributed by atoms with van der Waals surface area (Å²) in [5, 5.41) is 2.95. The monoisotopic (exact) mass is 401 g/mol. The summed E-state index contributed by atoms with van der Waals surface area (Å²) in [6.07, 6.45) is 0.969. The van der Waals surface area contributed by atoms with Crippen molar-refractivity contribution in [1.82, 2.24) is 9.97 Å². The number of nitrogens with one attached hydrogen (secondary N) is 2. The maximum Gasteiger partial charge on any atom is 0.228 e. The molecular formula is C24H23N3O3. The normalized spacial score (nSPS) is 10.7. The summed E-state index contributed by atoms with van der Waals surface area (Å²) in [6, 6.07) is 21.2. The number of aromatic nitrogens is 2. The van der Waals surface area contributed by atoms with Crippen LogP contribution in [0.1, 0.15) is 17.0 Å². The van der Waals surface area contributed by atoms with Crippen molar-refractivity contribution in [2.24, 2.45) is 0 Å². The Hall–Kier alpha value is -3.80. The molecule has 2 N–H and O–H groups in total. The minimum absolute atomic E-state index is 0.0504. The van der Waals surface area contributed by atoms with Crippen molar-refractivity contribution in [3.8, 4) is 11.5 Å². The zero-order valence-electron chi connectivity index (χ0n) is 16.9. The first-order valence-corrected chi connectivity index (χ1v) is 9.68. The van der Waals surface area contributed by atoms with Crippen LogP contribution in [0.25, 0.3) is 11.0 Å². The quantitative estimate of drug-likeness (QED) is 0.483. The van der Waals surface area contributed by atoms with Gasteiger partial charge in [-0.2, -0.15) is 0 Å². The molecule has 3 aromatic carbocycles. The van der Waals surface area contributed by atoms with Crippen LogP contribution in [0.4, 0.5) is 5.69 Å². The average Bonchev–Trinajstić information content (AvgIpc) is 3.15. The number of imidazole rings is 1. The van der Waals surface area contributed by atoms with Crippen LogP contribution in [0.2, 0.25) is 0 Å². The predicted octanol–water partition coefficient (Wildman–Crippen LogP) is 4.35. The van der Waals surface area contributed by atoms with Crippen LogP contribution in [0.15, 0.2) is 66.7 Å². The van der Waals surface area contributed by atoms with Gasteiger partial charge in [0.25, 0.3) is 0 Å². The lowest BCUT2D eigenvalue weighted by Crippen LogP contribution is -2.14. The second kappa shape index (κ2) is 8.69. The van der Waals surface area contributed by atoms with Crippen molar-refractivity contribution in [2.75, 3.05) is 19.5 Å². The maximum absolute atomic E-state index is 12.3. The molecule has 0 atom stereocenters. The molecule has 4 aromatic rings. The Labute approximate surface area is 174 Å². The summed E-state index contributed by atoms with van der Waals surface area (Å²) in [7, 11) is 3.24. The lowest BCUT2D eigenvalue weighted by atomic mass is 10.1. The van der Waals surface area contributed by atoms with Gasteiger partial charge in [0.2, 0.25) is 5.91 Å². The van der Waals surface area contributed by atoms with E-state index in [-0.39, 0.29) is 5.91 Å². The smallest absolute Gasteiger partial charge is 0.228 e. The molecule has 30 heavy (non-hydrogen) atoms. The summed E-state index contributed by atoms with van der Waals surface area (Å²) in [5.74, 6) is 2.17. The number of fused-ring (bicyclic) bond motifs is 1. The number of amides is 1. The van der Waals surface area contributed by atoms with E-state index < -0.39 is 0 Å². The maximum atomic E-state index is 12.3. The summed E-state index contributed by atoms with van der Waals surface area (Å²) < 4.78 is 10.7. The lowest BCUT2D eigenvalue weighted by Gasteiger charge is -2.08. The van der Waals surface area contributed by atoms with Crippen molar-refractivity contribution in [1.29, 1.82) is 0 Å². The van der Waals surface area contributed by atoms with Gasteiger partial charge in [0, 0.05) is 12.1 Å². The number of carbonyl (C=O) groups excluding carboxylic acids is 1. The van der Waals surface area contributed by atoms with Gasteiger partial charge in [-0.15, -0.1) is 0 Å². The van der Waals surface area contributed by atoms with Crippen LogP contribution in [0.3, 0.4) is 0 Å². The zero-order valence-corrected chi connectivity index (χ0v) is 16.9. The molecule has 0 aliphatic rings. The molecule has 1 heterocycles. The number of anilines is 1. The Morgan fingerprint density at radius 2 is 1.73 bits per heavy atom. The van der Waals surface area contributed by atoms with Crippen molar-refractivity contribution in [3.05, 3.63) is 83.7 Å². The third kappa shape index (κ3) is 4.43. The van der Waals surface area contributed by atoms with E-state index in [0.29, 0.717) is 24.3 Å². The molecule has 6 heteroatoms. The van der Waals surface area contributed by atoms with Crippen LogP contribution in [0.5, 0.6) is 11.5 Å². The molecule has 0 bridgehead atoms. The van der Waals surface area contributed by atoms with Gasteiger partial charge in [0.05, 0.1) is 31.7 Å². The summed E-state index contributed by atoms with van der Waals surface area (Å²) in [6.45, 7) is 0. The van der Waals surface area contributed by atoms with Crippen molar-refractivity contribution in [2.45, 2.75) is 12.8 Å². The summed E-state index contributed by atoms with van der Waals surface area (Å²) in [4.78, 5) is 20.3. The van der Waals surface area contributed by atoms with Crippen molar-refractivity contribution < 1.29 is 14.3 Å². The first-order valence-electron chi connectivity index (χ1n) is 9.68. The van der Waals surface area contributed by atoms with Gasteiger partial charge in [0.15, 0.2) is 11.5 Å². The number of rotatable bonds is 7. The topological polar surface area (TPSA) is 76.2 Å². The molecule has 0 saturated heterocycles. The Balaban J connectivity index is 1.48. The Bertz CT molecular complexity index is 1170. The minimum atomic E-state index is -0.0504. The number of H-pyrrole nitrogens is 1. The average molecular weight is 401 g/mol. The molecular weight excluding hydrogens is 378 g/mol. The highest BCUT2D eigenvalue weighted by Gasteiger charge is 2.10. The molecule has 0 spiro atoms. The van der Waals surface area contributed by atoms with Crippen LogP contribution >= 0.6 is 0 Å². The van der Waals surface area contributed by atoms with E-state index in [4.69, 9.17) is 9.47 Å². The Morgan fingerprint density at radius 1 is 0.933 bits per heavy atom. The number of ether oxygens (including phenoxy) is 2. The predicted molar refractivity (Wildman–Crippen MR) is 117 cm³/mol. The van der Waals surface area contributed by atoms with E-state index in [1.54, 1.807) is 14.2 Å². The van der Waals surface area contributed by atoms with Crippen molar-refractivity contribution in [3.63, 3.8) is 0 Å². The number of hydrogen-bond donors (Lipinski definition) is 2. The second-order valence-electron chi connectivity index (χ2n) is 6.99. The summed E-state index contributed by atoms with van der Waals surface area (Å²) >= 11 is 0. The van der Waals surface area contributed by atoms with E-state index in [1.165, 1.54) is 0 Å². The molecule has 4 rings (SSSR count). The molecule has 0 unspecified atom stereocenters. The van der Waals surface area contributed by atoms with E-state index in [0.717, 1.165) is 33.7 Å². The Kier molecular flexibility index (Phi) is 5.66. The fourth-order valence-electron chi connectivity index (χ4n) is 3.39. The first kappa shape index (κ1) is 19.5. The van der Waals surface area contributed by atoms with E-state index in [9.17, 15) is 4.79 Å². The highest BCUT2D eigenvalue weighted by atomic mass is 16.5. The summed E-state index contributed by atoms with van der Waals surface area (Å²) in [5.41, 5.74) is 4.51. The standard InChI is InChI=1S/C24H23N3O3/c1-29-21-11-8-17(12-22(21)30-2)13-23-26-19-10-9-18(15-20(19)27-23)25-24(28)14-16-6-4-3-5-7-16/h3-12,15H,13-14H2,1-2H3,(H,25,28)(H,26,27). The van der Waals surface area contributed by atoms with Crippen LogP contribution in [-0.4, -0.2) is 30.1 Å². The van der Waals surface area contributed by atoms with E-state index >= 15 is 0 Å². The fraction of sp³-hybridized carbons (Fsp3) is 0.167. The highest BCUT2D eigenvalue weighted by molar-refractivity contribution is 5.94. The number of nitrogens with zero attached hydrogens (tertiary/aromatic N) is 1. The van der Waals surface area contributed by atoms with E-state index in [1.807, 2.05) is 66.7 Å². The molecule has 0 aliphatic heterocycles. The number of aromatic amines is 1. The molecule has 1 amide bonds. The highest BCUT2D eigenvalue weighted by Crippen LogP contribution is 2.28. The van der Waals surface area contributed by atoms with Crippen LogP contribution < -0.4 is 14.8 Å². The third-order valence-corrected chi connectivity index (χ3v) is 4.84. The third-order valence-electron chi connectivity index (χ3n) is 4.84. The molecule has 0 fully saturated rings. The van der Waals surface area contributed by atoms with Gasteiger partial charge < -0.3 is 19.8 Å².